The van der Waals surface area contributed by atoms with Crippen molar-refractivity contribution in [3.63, 3.8) is 0 Å². The van der Waals surface area contributed by atoms with Crippen molar-refractivity contribution in [2.24, 2.45) is 7.05 Å². The fourth-order valence-electron chi connectivity index (χ4n) is 2.59. The van der Waals surface area contributed by atoms with Gasteiger partial charge in [-0.25, -0.2) is 0 Å². The van der Waals surface area contributed by atoms with Crippen LogP contribution in [0.2, 0.25) is 0 Å². The van der Waals surface area contributed by atoms with Gasteiger partial charge in [-0.05, 0) is 41.3 Å². The van der Waals surface area contributed by atoms with Gasteiger partial charge in [-0.3, -0.25) is 4.68 Å². The van der Waals surface area contributed by atoms with Crippen LogP contribution >= 0.6 is 39.7 Å². The molecule has 2 heterocycles. The molecule has 0 bridgehead atoms. The molecule has 3 rings (SSSR count). The van der Waals surface area contributed by atoms with Crippen LogP contribution in [0.1, 0.15) is 35.0 Å². The standard InChI is InChI=1S/C13H16BrN3S.ClH/c1-17-13-4-2-3-12(11(13)7-16-17)15-6-10-5-9(14)8-18-10;/h5,7-8,12,15H,2-4,6H2,1H3;1H. The Bertz CT molecular complexity index is 552. The average molecular weight is 363 g/mol. The molecule has 1 aliphatic carbocycles. The van der Waals surface area contributed by atoms with Crippen LogP contribution < -0.4 is 5.32 Å². The van der Waals surface area contributed by atoms with Gasteiger partial charge in [0.05, 0.1) is 6.20 Å². The number of nitrogens with zero attached hydrogens (tertiary/aromatic N) is 2. The molecule has 0 radical (unpaired) electrons. The first-order valence-corrected chi connectivity index (χ1v) is 7.88. The number of hydrogen-bond acceptors (Lipinski definition) is 3. The highest BCUT2D eigenvalue weighted by Crippen LogP contribution is 2.30. The van der Waals surface area contributed by atoms with Crippen LogP contribution in [0.3, 0.4) is 0 Å². The van der Waals surface area contributed by atoms with E-state index in [1.165, 1.54) is 33.4 Å². The van der Waals surface area contributed by atoms with Crippen molar-refractivity contribution in [3.05, 3.63) is 38.3 Å². The van der Waals surface area contributed by atoms with Crippen LogP contribution in [0.5, 0.6) is 0 Å². The molecule has 3 nitrogen and oxygen atoms in total. The number of halogens is 2. The Labute approximate surface area is 131 Å². The SMILES string of the molecule is Cl.Cn1ncc2c1CCCC2NCc1cc(Br)cs1. The third-order valence-electron chi connectivity index (χ3n) is 3.52. The second-order valence-electron chi connectivity index (χ2n) is 4.73. The average Bonchev–Trinajstić information content (AvgIpc) is 2.94. The van der Waals surface area contributed by atoms with Crippen molar-refractivity contribution >= 4 is 39.7 Å². The van der Waals surface area contributed by atoms with E-state index in [-0.39, 0.29) is 12.4 Å². The summed E-state index contributed by atoms with van der Waals surface area (Å²) in [6.07, 6.45) is 5.65. The lowest BCUT2D eigenvalue weighted by atomic mass is 9.93. The van der Waals surface area contributed by atoms with Gasteiger partial charge < -0.3 is 5.32 Å². The van der Waals surface area contributed by atoms with Gasteiger partial charge in [0.2, 0.25) is 0 Å². The second-order valence-corrected chi connectivity index (χ2v) is 6.64. The summed E-state index contributed by atoms with van der Waals surface area (Å²) < 4.78 is 3.19. The third-order valence-corrected chi connectivity index (χ3v) is 5.22. The molecule has 1 atom stereocenters. The maximum atomic E-state index is 4.38. The summed E-state index contributed by atoms with van der Waals surface area (Å²) in [5, 5.41) is 10.2. The molecule has 0 fully saturated rings. The maximum Gasteiger partial charge on any atom is 0.0540 e. The molecule has 104 valence electrons. The minimum absolute atomic E-state index is 0. The van der Waals surface area contributed by atoms with Gasteiger partial charge in [-0.1, -0.05) is 0 Å². The lowest BCUT2D eigenvalue weighted by Crippen LogP contribution is -2.24. The Balaban J connectivity index is 0.00000133. The van der Waals surface area contributed by atoms with Crippen LogP contribution in [-0.4, -0.2) is 9.78 Å². The summed E-state index contributed by atoms with van der Waals surface area (Å²) in [6.45, 7) is 0.940. The summed E-state index contributed by atoms with van der Waals surface area (Å²) in [5.41, 5.74) is 2.78. The minimum atomic E-state index is 0. The van der Waals surface area contributed by atoms with Gasteiger partial charge >= 0.3 is 0 Å². The fraction of sp³-hybridized carbons (Fsp3) is 0.462. The van der Waals surface area contributed by atoms with E-state index in [4.69, 9.17) is 0 Å². The highest BCUT2D eigenvalue weighted by atomic mass is 79.9. The van der Waals surface area contributed by atoms with Crippen molar-refractivity contribution in [3.8, 4) is 0 Å². The van der Waals surface area contributed by atoms with Gasteiger partial charge in [-0.2, -0.15) is 5.10 Å². The molecular formula is C13H17BrClN3S. The predicted molar refractivity (Wildman–Crippen MR) is 85.0 cm³/mol. The molecule has 1 N–H and O–H groups in total. The normalized spacial score (nSPS) is 17.9. The van der Waals surface area contributed by atoms with Gasteiger partial charge in [0, 0.05) is 45.6 Å². The number of fused-ring (bicyclic) bond motifs is 1. The monoisotopic (exact) mass is 361 g/mol. The number of hydrogen-bond donors (Lipinski definition) is 1. The Hall–Kier alpha value is -0.360. The van der Waals surface area contributed by atoms with Gasteiger partial charge in [0.1, 0.15) is 0 Å². The Kier molecular flexibility index (Phi) is 5.06. The molecule has 1 aliphatic rings. The van der Waals surface area contributed by atoms with Crippen molar-refractivity contribution in [2.75, 3.05) is 0 Å². The quantitative estimate of drug-likeness (QED) is 0.899. The van der Waals surface area contributed by atoms with E-state index in [1.807, 2.05) is 17.9 Å². The first-order valence-electron chi connectivity index (χ1n) is 6.21. The Morgan fingerprint density at radius 3 is 3.16 bits per heavy atom. The summed E-state index contributed by atoms with van der Waals surface area (Å²) in [6, 6.07) is 2.65. The molecule has 0 saturated carbocycles. The molecule has 0 aliphatic heterocycles. The number of aryl methyl sites for hydroxylation is 1. The smallest absolute Gasteiger partial charge is 0.0540 e. The zero-order chi connectivity index (χ0) is 12.5. The first-order chi connectivity index (χ1) is 8.74. The molecular weight excluding hydrogens is 346 g/mol. The molecule has 6 heteroatoms. The topological polar surface area (TPSA) is 29.9 Å². The van der Waals surface area contributed by atoms with E-state index in [1.54, 1.807) is 11.3 Å². The third kappa shape index (κ3) is 3.21. The van der Waals surface area contributed by atoms with Gasteiger partial charge in [0.15, 0.2) is 0 Å². The zero-order valence-corrected chi connectivity index (χ0v) is 13.9. The number of rotatable bonds is 3. The van der Waals surface area contributed by atoms with E-state index >= 15 is 0 Å². The molecule has 1 unspecified atom stereocenters. The van der Waals surface area contributed by atoms with Crippen molar-refractivity contribution in [1.82, 2.24) is 15.1 Å². The number of aromatic nitrogens is 2. The highest BCUT2D eigenvalue weighted by molar-refractivity contribution is 9.10. The Morgan fingerprint density at radius 1 is 1.58 bits per heavy atom. The molecule has 2 aromatic rings. The van der Waals surface area contributed by atoms with Crippen molar-refractivity contribution in [1.29, 1.82) is 0 Å². The zero-order valence-electron chi connectivity index (χ0n) is 10.7. The van der Waals surface area contributed by atoms with Gasteiger partial charge in [-0.15, -0.1) is 23.7 Å². The van der Waals surface area contributed by atoms with Gasteiger partial charge in [0.25, 0.3) is 0 Å². The number of nitrogens with one attached hydrogen (secondary N) is 1. The molecule has 0 saturated heterocycles. The van der Waals surface area contributed by atoms with Crippen molar-refractivity contribution in [2.45, 2.75) is 31.8 Å². The predicted octanol–water partition coefficient (Wildman–Crippen LogP) is 3.83. The van der Waals surface area contributed by atoms with Crippen LogP contribution in [0, 0.1) is 0 Å². The van der Waals surface area contributed by atoms with Crippen LogP contribution in [0.4, 0.5) is 0 Å². The lowest BCUT2D eigenvalue weighted by molar-refractivity contribution is 0.453. The lowest BCUT2D eigenvalue weighted by Gasteiger charge is -2.23. The molecule has 0 amide bonds. The molecule has 19 heavy (non-hydrogen) atoms. The summed E-state index contributed by atoms with van der Waals surface area (Å²) in [7, 11) is 2.04. The first kappa shape index (κ1) is 15.0. The largest absolute Gasteiger partial charge is 0.305 e. The van der Waals surface area contributed by atoms with E-state index in [0.29, 0.717) is 6.04 Å². The summed E-state index contributed by atoms with van der Waals surface area (Å²) in [4.78, 5) is 1.37. The highest BCUT2D eigenvalue weighted by Gasteiger charge is 2.22. The molecule has 0 aromatic carbocycles. The fourth-order valence-corrected chi connectivity index (χ4v) is 3.99. The van der Waals surface area contributed by atoms with Crippen LogP contribution in [0.25, 0.3) is 0 Å². The summed E-state index contributed by atoms with van der Waals surface area (Å²) in [5.74, 6) is 0. The summed E-state index contributed by atoms with van der Waals surface area (Å²) >= 11 is 5.29. The minimum Gasteiger partial charge on any atom is -0.305 e. The maximum absolute atomic E-state index is 4.38. The number of thiophene rings is 1. The van der Waals surface area contributed by atoms with Crippen molar-refractivity contribution < 1.29 is 0 Å². The van der Waals surface area contributed by atoms with E-state index < -0.39 is 0 Å². The van der Waals surface area contributed by atoms with E-state index in [2.05, 4.69) is 37.8 Å². The van der Waals surface area contributed by atoms with E-state index in [0.717, 1.165) is 13.0 Å². The Morgan fingerprint density at radius 2 is 2.42 bits per heavy atom. The molecule has 0 spiro atoms. The van der Waals surface area contributed by atoms with Crippen LogP contribution in [0.15, 0.2) is 22.1 Å². The second kappa shape index (κ2) is 6.39. The molecule has 2 aromatic heterocycles. The van der Waals surface area contributed by atoms with Crippen LogP contribution in [-0.2, 0) is 20.0 Å². The van der Waals surface area contributed by atoms with E-state index in [9.17, 15) is 0 Å².